The number of anilines is 1. The number of benzene rings is 2. The van der Waals surface area contributed by atoms with Crippen LogP contribution in [0, 0.1) is 0 Å². The lowest BCUT2D eigenvalue weighted by molar-refractivity contribution is -0.116. The molecule has 0 bridgehead atoms. The van der Waals surface area contributed by atoms with Gasteiger partial charge in [-0.25, -0.2) is 0 Å². The minimum absolute atomic E-state index is 0.106. The molecule has 0 fully saturated rings. The van der Waals surface area contributed by atoms with Crippen molar-refractivity contribution < 1.29 is 9.59 Å². The molecule has 0 radical (unpaired) electrons. The molecule has 23 heavy (non-hydrogen) atoms. The van der Waals surface area contributed by atoms with Crippen LogP contribution in [0.4, 0.5) is 5.69 Å². The first kappa shape index (κ1) is 17.6. The molecule has 2 rings (SSSR count). The van der Waals surface area contributed by atoms with E-state index in [2.05, 4.69) is 10.6 Å². The molecule has 0 spiro atoms. The Balaban J connectivity index is 1.84. The molecular formula is C16H13Cl3N2O2. The normalized spacial score (nSPS) is 10.2. The summed E-state index contributed by atoms with van der Waals surface area (Å²) in [5.74, 6) is -0.523. The summed E-state index contributed by atoms with van der Waals surface area (Å²) < 4.78 is 0. The van der Waals surface area contributed by atoms with Gasteiger partial charge in [-0.1, -0.05) is 53.0 Å². The molecule has 2 N–H and O–H groups in total. The molecule has 2 aromatic carbocycles. The molecule has 0 saturated carbocycles. The van der Waals surface area contributed by atoms with Crippen molar-refractivity contribution in [1.29, 1.82) is 0 Å². The van der Waals surface area contributed by atoms with Crippen LogP contribution in [-0.2, 0) is 4.79 Å². The number of hydrogen-bond donors (Lipinski definition) is 2. The Labute approximate surface area is 148 Å². The van der Waals surface area contributed by atoms with E-state index >= 15 is 0 Å². The van der Waals surface area contributed by atoms with Gasteiger partial charge in [-0.2, -0.15) is 0 Å². The zero-order chi connectivity index (χ0) is 16.8. The van der Waals surface area contributed by atoms with E-state index in [4.69, 9.17) is 34.8 Å². The fourth-order valence-corrected chi connectivity index (χ4v) is 2.41. The number of rotatable bonds is 5. The summed E-state index contributed by atoms with van der Waals surface area (Å²) in [4.78, 5) is 23.7. The molecule has 0 aliphatic heterocycles. The maximum atomic E-state index is 11.9. The number of carbonyl (C=O) groups excluding carboxylic acids is 2. The first-order valence-corrected chi connectivity index (χ1v) is 7.88. The highest BCUT2D eigenvalue weighted by molar-refractivity contribution is 6.44. The van der Waals surface area contributed by atoms with E-state index < -0.39 is 0 Å². The molecule has 0 saturated heterocycles. The molecule has 0 unspecified atom stereocenters. The lowest BCUT2D eigenvalue weighted by atomic mass is 10.2. The first-order chi connectivity index (χ1) is 11.0. The fraction of sp³-hybridized carbons (Fsp3) is 0.125. The van der Waals surface area contributed by atoms with Crippen LogP contribution in [0.2, 0.25) is 15.1 Å². The summed E-state index contributed by atoms with van der Waals surface area (Å²) >= 11 is 17.7. The standard InChI is InChI=1S/C16H13Cl3N2O2/c17-11-8-13(19)14(9-12(11)18)21-15(22)6-7-20-16(23)10-4-2-1-3-5-10/h1-5,8-9H,6-7H2,(H,20,23)(H,21,22). The van der Waals surface area contributed by atoms with E-state index in [1.807, 2.05) is 6.07 Å². The van der Waals surface area contributed by atoms with Crippen LogP contribution in [0.15, 0.2) is 42.5 Å². The van der Waals surface area contributed by atoms with Crippen molar-refractivity contribution in [3.05, 3.63) is 63.1 Å². The van der Waals surface area contributed by atoms with Gasteiger partial charge in [-0.3, -0.25) is 9.59 Å². The van der Waals surface area contributed by atoms with Crippen molar-refractivity contribution in [2.75, 3.05) is 11.9 Å². The molecule has 120 valence electrons. The van der Waals surface area contributed by atoms with Crippen LogP contribution >= 0.6 is 34.8 Å². The second kappa shape index (κ2) is 8.20. The fourth-order valence-electron chi connectivity index (χ4n) is 1.81. The summed E-state index contributed by atoms with van der Waals surface area (Å²) in [6, 6.07) is 11.7. The van der Waals surface area contributed by atoms with Crippen molar-refractivity contribution in [1.82, 2.24) is 5.32 Å². The Morgan fingerprint density at radius 2 is 1.57 bits per heavy atom. The van der Waals surface area contributed by atoms with Gasteiger partial charge in [-0.05, 0) is 24.3 Å². The number of hydrogen-bond acceptors (Lipinski definition) is 2. The van der Waals surface area contributed by atoms with Gasteiger partial charge in [0.2, 0.25) is 5.91 Å². The van der Waals surface area contributed by atoms with Crippen molar-refractivity contribution in [2.45, 2.75) is 6.42 Å². The van der Waals surface area contributed by atoms with E-state index in [1.54, 1.807) is 24.3 Å². The third-order valence-corrected chi connectivity index (χ3v) is 3.99. The average Bonchev–Trinajstić information content (AvgIpc) is 2.53. The molecule has 0 aliphatic carbocycles. The average molecular weight is 372 g/mol. The van der Waals surface area contributed by atoms with E-state index in [-0.39, 0.29) is 24.8 Å². The summed E-state index contributed by atoms with van der Waals surface area (Å²) in [5, 5.41) is 6.20. The van der Waals surface area contributed by atoms with Gasteiger partial charge < -0.3 is 10.6 Å². The van der Waals surface area contributed by atoms with Crippen LogP contribution in [0.3, 0.4) is 0 Å². The smallest absolute Gasteiger partial charge is 0.251 e. The molecule has 0 atom stereocenters. The Bertz CT molecular complexity index is 721. The van der Waals surface area contributed by atoms with Crippen molar-refractivity contribution in [3.8, 4) is 0 Å². The van der Waals surface area contributed by atoms with Crippen molar-refractivity contribution in [2.24, 2.45) is 0 Å². The monoisotopic (exact) mass is 370 g/mol. The van der Waals surface area contributed by atoms with E-state index in [0.29, 0.717) is 26.3 Å². The predicted octanol–water partition coefficient (Wildman–Crippen LogP) is 4.41. The number of amides is 2. The largest absolute Gasteiger partial charge is 0.352 e. The highest BCUT2D eigenvalue weighted by atomic mass is 35.5. The van der Waals surface area contributed by atoms with Crippen LogP contribution in [0.1, 0.15) is 16.8 Å². The first-order valence-electron chi connectivity index (χ1n) is 6.75. The number of carbonyl (C=O) groups is 2. The van der Waals surface area contributed by atoms with Crippen molar-refractivity contribution in [3.63, 3.8) is 0 Å². The quantitative estimate of drug-likeness (QED) is 0.765. The predicted molar refractivity (Wildman–Crippen MR) is 93.5 cm³/mol. The van der Waals surface area contributed by atoms with E-state index in [1.165, 1.54) is 12.1 Å². The lowest BCUT2D eigenvalue weighted by Crippen LogP contribution is -2.27. The molecule has 0 heterocycles. The van der Waals surface area contributed by atoms with Crippen LogP contribution < -0.4 is 10.6 Å². The van der Waals surface area contributed by atoms with Crippen molar-refractivity contribution >= 4 is 52.3 Å². The summed E-state index contributed by atoms with van der Waals surface area (Å²) in [6.45, 7) is 0.207. The van der Waals surface area contributed by atoms with Crippen LogP contribution in [-0.4, -0.2) is 18.4 Å². The summed E-state index contributed by atoms with van der Waals surface area (Å²) in [5.41, 5.74) is 0.917. The molecule has 2 aromatic rings. The van der Waals surface area contributed by atoms with E-state index in [9.17, 15) is 9.59 Å². The maximum Gasteiger partial charge on any atom is 0.251 e. The zero-order valence-electron chi connectivity index (χ0n) is 11.9. The van der Waals surface area contributed by atoms with Gasteiger partial charge >= 0.3 is 0 Å². The van der Waals surface area contributed by atoms with Gasteiger partial charge in [0.15, 0.2) is 0 Å². The SMILES string of the molecule is O=C(CCNC(=O)c1ccccc1)Nc1cc(Cl)c(Cl)cc1Cl. The van der Waals surface area contributed by atoms with Gasteiger partial charge in [0.1, 0.15) is 0 Å². The van der Waals surface area contributed by atoms with Gasteiger partial charge in [0, 0.05) is 18.5 Å². The number of halogens is 3. The highest BCUT2D eigenvalue weighted by Crippen LogP contribution is 2.32. The Morgan fingerprint density at radius 3 is 2.26 bits per heavy atom. The molecule has 0 aromatic heterocycles. The minimum atomic E-state index is -0.293. The van der Waals surface area contributed by atoms with Gasteiger partial charge in [-0.15, -0.1) is 0 Å². The molecule has 2 amide bonds. The Morgan fingerprint density at radius 1 is 0.913 bits per heavy atom. The summed E-state index contributed by atoms with van der Waals surface area (Å²) in [7, 11) is 0. The maximum absolute atomic E-state index is 11.9. The molecule has 7 heteroatoms. The minimum Gasteiger partial charge on any atom is -0.352 e. The molecule has 4 nitrogen and oxygen atoms in total. The zero-order valence-corrected chi connectivity index (χ0v) is 14.2. The van der Waals surface area contributed by atoms with Gasteiger partial charge in [0.25, 0.3) is 5.91 Å². The van der Waals surface area contributed by atoms with Crippen LogP contribution in [0.5, 0.6) is 0 Å². The second-order valence-electron chi connectivity index (χ2n) is 4.67. The van der Waals surface area contributed by atoms with Crippen LogP contribution in [0.25, 0.3) is 0 Å². The van der Waals surface area contributed by atoms with E-state index in [0.717, 1.165) is 0 Å². The molecule has 0 aliphatic rings. The number of nitrogens with one attached hydrogen (secondary N) is 2. The van der Waals surface area contributed by atoms with Gasteiger partial charge in [0.05, 0.1) is 20.8 Å². The molecular weight excluding hydrogens is 359 g/mol. The Kier molecular flexibility index (Phi) is 6.28. The third-order valence-electron chi connectivity index (χ3n) is 2.96. The highest BCUT2D eigenvalue weighted by Gasteiger charge is 2.10. The Hall–Kier alpha value is -1.75. The second-order valence-corrected chi connectivity index (χ2v) is 5.89. The lowest BCUT2D eigenvalue weighted by Gasteiger charge is -2.09. The summed E-state index contributed by atoms with van der Waals surface area (Å²) in [6.07, 6.45) is 0.106. The third kappa shape index (κ3) is 5.13. The topological polar surface area (TPSA) is 58.2 Å².